The highest BCUT2D eigenvalue weighted by Gasteiger charge is 2.44. The molecule has 1 rings (SSSR count). The van der Waals surface area contributed by atoms with Crippen molar-refractivity contribution in [1.82, 2.24) is 5.32 Å². The predicted octanol–water partition coefficient (Wildman–Crippen LogP) is 1.50. The molecule has 148 valence electrons. The Hall–Kier alpha value is -2.94. The van der Waals surface area contributed by atoms with Gasteiger partial charge in [0.2, 0.25) is 5.91 Å². The lowest BCUT2D eigenvalue weighted by atomic mass is 9.90. The van der Waals surface area contributed by atoms with E-state index in [1.807, 2.05) is 0 Å². The summed E-state index contributed by atoms with van der Waals surface area (Å²) in [6.45, 7) is 8.98. The van der Waals surface area contributed by atoms with Crippen LogP contribution in [0.4, 0.5) is 0 Å². The van der Waals surface area contributed by atoms with Gasteiger partial charge >= 0.3 is 11.9 Å². The Labute approximate surface area is 158 Å². The topological polar surface area (TPSA) is 138 Å². The molecular formula is C18H23NO7S. The summed E-state index contributed by atoms with van der Waals surface area (Å²) >= 11 is 0. The minimum atomic E-state index is -3.97. The Kier molecular flexibility index (Phi) is 8.14. The highest BCUT2D eigenvalue weighted by Crippen LogP contribution is 2.26. The van der Waals surface area contributed by atoms with E-state index >= 15 is 0 Å². The largest absolute Gasteiger partial charge is 0.480 e. The third kappa shape index (κ3) is 4.82. The van der Waals surface area contributed by atoms with Crippen LogP contribution in [0, 0.1) is 5.41 Å². The molecule has 1 aromatic rings. The molecule has 0 fully saturated rings. The van der Waals surface area contributed by atoms with Crippen LogP contribution in [0.3, 0.4) is 0 Å². The van der Waals surface area contributed by atoms with E-state index in [2.05, 4.69) is 18.5 Å². The van der Waals surface area contributed by atoms with Crippen molar-refractivity contribution in [3.63, 3.8) is 0 Å². The Morgan fingerprint density at radius 2 is 1.48 bits per heavy atom. The summed E-state index contributed by atoms with van der Waals surface area (Å²) in [6, 6.07) is 7.46. The molecule has 2 unspecified atom stereocenters. The maximum absolute atomic E-state index is 12.1. The standard InChI is InChI=1S/C11H12O4S.C7H11NO3/c1-3-11(2,10(12)13)16(14,15)9-7-5-4-6-8-9;1-4-7(2,6(10)11)5(9)8-3/h3-8H,1H2,2H3,(H,12,13);4H,1H2,2-3H3,(H,8,9)(H,10,11). The van der Waals surface area contributed by atoms with Crippen LogP contribution in [-0.2, 0) is 24.2 Å². The van der Waals surface area contributed by atoms with Crippen molar-refractivity contribution in [3.05, 3.63) is 55.6 Å². The third-order valence-electron chi connectivity index (χ3n) is 3.98. The van der Waals surface area contributed by atoms with E-state index in [1.165, 1.54) is 38.2 Å². The smallest absolute Gasteiger partial charge is 0.329 e. The maximum Gasteiger partial charge on any atom is 0.329 e. The molecule has 0 saturated carbocycles. The average molecular weight is 397 g/mol. The lowest BCUT2D eigenvalue weighted by Crippen LogP contribution is -2.41. The molecule has 0 aromatic heterocycles. The van der Waals surface area contributed by atoms with Crippen molar-refractivity contribution in [2.45, 2.75) is 23.5 Å². The van der Waals surface area contributed by atoms with Crippen LogP contribution in [0.1, 0.15) is 13.8 Å². The number of carboxylic acids is 2. The number of hydrogen-bond acceptors (Lipinski definition) is 5. The van der Waals surface area contributed by atoms with Crippen LogP contribution in [0.15, 0.2) is 60.5 Å². The number of sulfone groups is 1. The number of benzene rings is 1. The summed E-state index contributed by atoms with van der Waals surface area (Å²) in [5.74, 6) is -3.21. The first-order valence-electron chi connectivity index (χ1n) is 7.61. The number of amides is 1. The van der Waals surface area contributed by atoms with Crippen LogP contribution < -0.4 is 5.32 Å². The quantitative estimate of drug-likeness (QED) is 0.468. The van der Waals surface area contributed by atoms with E-state index < -0.39 is 37.8 Å². The third-order valence-corrected chi connectivity index (χ3v) is 6.33. The van der Waals surface area contributed by atoms with Gasteiger partial charge in [0.05, 0.1) is 4.90 Å². The SMILES string of the molecule is C=CC(C)(C(=O)O)C(=O)NC.C=CC(C)(C(=O)O)S(=O)(=O)c1ccccc1. The van der Waals surface area contributed by atoms with Crippen molar-refractivity contribution in [3.8, 4) is 0 Å². The zero-order valence-corrected chi connectivity index (χ0v) is 16.1. The average Bonchev–Trinajstić information content (AvgIpc) is 2.66. The molecule has 3 N–H and O–H groups in total. The highest BCUT2D eigenvalue weighted by atomic mass is 32.2. The number of rotatable bonds is 7. The van der Waals surface area contributed by atoms with Gasteiger partial charge in [-0.05, 0) is 26.0 Å². The molecule has 0 spiro atoms. The molecule has 2 atom stereocenters. The van der Waals surface area contributed by atoms with Crippen molar-refractivity contribution in [1.29, 1.82) is 0 Å². The molecule has 0 aliphatic rings. The number of hydrogen-bond donors (Lipinski definition) is 3. The number of carbonyl (C=O) groups is 3. The van der Waals surface area contributed by atoms with Crippen molar-refractivity contribution in [2.24, 2.45) is 5.41 Å². The van der Waals surface area contributed by atoms with Crippen LogP contribution in [0.25, 0.3) is 0 Å². The predicted molar refractivity (Wildman–Crippen MR) is 99.9 cm³/mol. The van der Waals surface area contributed by atoms with Crippen molar-refractivity contribution >= 4 is 27.7 Å². The normalized spacial score (nSPS) is 14.9. The van der Waals surface area contributed by atoms with E-state index in [-0.39, 0.29) is 4.90 Å². The summed E-state index contributed by atoms with van der Waals surface area (Å²) in [7, 11) is -2.59. The Balaban J connectivity index is 0.000000541. The molecule has 8 nitrogen and oxygen atoms in total. The molecule has 9 heteroatoms. The molecule has 0 saturated heterocycles. The molecule has 0 radical (unpaired) electrons. The van der Waals surface area contributed by atoms with Gasteiger partial charge < -0.3 is 15.5 Å². The molecular weight excluding hydrogens is 374 g/mol. The number of aliphatic carboxylic acids is 2. The summed E-state index contributed by atoms with van der Waals surface area (Å²) in [6.07, 6.45) is 2.03. The lowest BCUT2D eigenvalue weighted by Gasteiger charge is -2.20. The lowest BCUT2D eigenvalue weighted by molar-refractivity contribution is -0.151. The summed E-state index contributed by atoms with van der Waals surface area (Å²) in [5, 5.41) is 19.8. The fraction of sp³-hybridized carbons (Fsp3) is 0.278. The van der Waals surface area contributed by atoms with E-state index in [4.69, 9.17) is 10.2 Å². The minimum absolute atomic E-state index is 0.0280. The van der Waals surface area contributed by atoms with E-state index in [1.54, 1.807) is 6.07 Å². The van der Waals surface area contributed by atoms with Gasteiger partial charge in [-0.25, -0.2) is 8.42 Å². The van der Waals surface area contributed by atoms with Gasteiger partial charge in [0.15, 0.2) is 20.0 Å². The molecule has 0 aliphatic carbocycles. The fourth-order valence-electron chi connectivity index (χ4n) is 1.69. The molecule has 0 heterocycles. The van der Waals surface area contributed by atoms with Crippen LogP contribution in [0.5, 0.6) is 0 Å². The molecule has 1 aromatic carbocycles. The monoisotopic (exact) mass is 397 g/mol. The van der Waals surface area contributed by atoms with Gasteiger partial charge in [-0.15, -0.1) is 13.2 Å². The van der Waals surface area contributed by atoms with E-state index in [0.29, 0.717) is 0 Å². The number of nitrogens with one attached hydrogen (secondary N) is 1. The summed E-state index contributed by atoms with van der Waals surface area (Å²) < 4.78 is 22.1. The highest BCUT2D eigenvalue weighted by molar-refractivity contribution is 7.93. The Bertz CT molecular complexity index is 833. The van der Waals surface area contributed by atoms with Gasteiger partial charge in [-0.1, -0.05) is 30.4 Å². The van der Waals surface area contributed by atoms with Gasteiger partial charge in [0, 0.05) is 7.05 Å². The molecule has 0 bridgehead atoms. The molecule has 0 aliphatic heterocycles. The van der Waals surface area contributed by atoms with E-state index in [0.717, 1.165) is 19.1 Å². The first-order chi connectivity index (χ1) is 12.3. The van der Waals surface area contributed by atoms with Crippen molar-refractivity contribution in [2.75, 3.05) is 7.05 Å². The second-order valence-corrected chi connectivity index (χ2v) is 8.05. The van der Waals surface area contributed by atoms with E-state index in [9.17, 15) is 22.8 Å². The fourth-order valence-corrected chi connectivity index (χ4v) is 3.15. The molecule has 1 amide bonds. The number of carbonyl (C=O) groups excluding carboxylic acids is 1. The van der Waals surface area contributed by atoms with Crippen LogP contribution in [-0.4, -0.2) is 48.3 Å². The second-order valence-electron chi connectivity index (χ2n) is 5.72. The maximum atomic E-state index is 12.1. The van der Waals surface area contributed by atoms with Crippen LogP contribution >= 0.6 is 0 Å². The summed E-state index contributed by atoms with van der Waals surface area (Å²) in [5.41, 5.74) is -1.52. The first-order valence-corrected chi connectivity index (χ1v) is 9.09. The zero-order valence-electron chi connectivity index (χ0n) is 15.3. The van der Waals surface area contributed by atoms with Gasteiger partial charge in [-0.3, -0.25) is 14.4 Å². The molecule has 27 heavy (non-hydrogen) atoms. The summed E-state index contributed by atoms with van der Waals surface area (Å²) in [4.78, 5) is 32.5. The Morgan fingerprint density at radius 3 is 1.74 bits per heavy atom. The van der Waals surface area contributed by atoms with Crippen molar-refractivity contribution < 1.29 is 33.0 Å². The van der Waals surface area contributed by atoms with Crippen LogP contribution in [0.2, 0.25) is 0 Å². The van der Waals surface area contributed by atoms with Gasteiger partial charge in [-0.2, -0.15) is 0 Å². The zero-order chi connectivity index (χ0) is 21.5. The number of carboxylic acid groups (broad SMARTS) is 2. The second kappa shape index (κ2) is 9.13. The van der Waals surface area contributed by atoms with Gasteiger partial charge in [0.1, 0.15) is 0 Å². The first kappa shape index (κ1) is 24.1. The Morgan fingerprint density at radius 1 is 1.00 bits per heavy atom. The minimum Gasteiger partial charge on any atom is -0.480 e. The van der Waals surface area contributed by atoms with Gasteiger partial charge in [0.25, 0.3) is 0 Å².